The van der Waals surface area contributed by atoms with Crippen molar-refractivity contribution in [3.63, 3.8) is 0 Å². The lowest BCUT2D eigenvalue weighted by molar-refractivity contribution is 0.0394. The average molecular weight is 449 g/mol. The summed E-state index contributed by atoms with van der Waals surface area (Å²) in [4.78, 5) is 4.82. The third kappa shape index (κ3) is 3.37. The van der Waals surface area contributed by atoms with Crippen LogP contribution in [0.3, 0.4) is 0 Å². The van der Waals surface area contributed by atoms with Crippen molar-refractivity contribution in [2.75, 3.05) is 36.8 Å². The van der Waals surface area contributed by atoms with Crippen LogP contribution in [0.5, 0.6) is 0 Å². The first-order valence-corrected chi connectivity index (χ1v) is 9.99. The van der Waals surface area contributed by atoms with Gasteiger partial charge in [-0.25, -0.2) is 0 Å². The average Bonchev–Trinajstić information content (AvgIpc) is 2.62. The Hall–Kier alpha value is -1.31. The van der Waals surface area contributed by atoms with E-state index in [9.17, 15) is 5.11 Å². The molecule has 3 N–H and O–H groups in total. The Bertz CT molecular complexity index is 758. The van der Waals surface area contributed by atoms with Gasteiger partial charge in [0, 0.05) is 42.2 Å². The van der Waals surface area contributed by atoms with Gasteiger partial charge in [-0.15, -0.1) is 0 Å². The number of aliphatic hydroxyl groups excluding tert-OH is 1. The number of para-hydroxylation sites is 2. The van der Waals surface area contributed by atoms with Crippen molar-refractivity contribution >= 4 is 34.0 Å². The van der Waals surface area contributed by atoms with Gasteiger partial charge < -0.3 is 15.7 Å². The molecule has 0 unspecified atom stereocenters. The molecule has 2 aromatic carbocycles. The number of piperazine rings is 1. The summed E-state index contributed by atoms with van der Waals surface area (Å²) in [6.07, 6.45) is 1.44. The number of nitrogen functional groups attached to an aromatic ring is 1. The molecule has 0 amide bonds. The fraction of sp³-hybridized carbons (Fsp3) is 0.400. The van der Waals surface area contributed by atoms with Crippen LogP contribution in [0.25, 0.3) is 0 Å². The number of rotatable bonds is 2. The molecule has 2 aromatic rings. The van der Waals surface area contributed by atoms with E-state index in [-0.39, 0.29) is 12.1 Å². The first kappa shape index (κ1) is 17.1. The number of hydrogen-bond acceptors (Lipinski definition) is 4. The molecule has 0 aromatic heterocycles. The van der Waals surface area contributed by atoms with Gasteiger partial charge in [0.15, 0.2) is 0 Å². The van der Waals surface area contributed by atoms with Gasteiger partial charge in [-0.3, -0.25) is 4.90 Å². The first-order chi connectivity index (χ1) is 12.1. The van der Waals surface area contributed by atoms with E-state index in [0.29, 0.717) is 0 Å². The molecule has 0 spiro atoms. The third-order valence-electron chi connectivity index (χ3n) is 5.56. The summed E-state index contributed by atoms with van der Waals surface area (Å²) in [5, 5.41) is 10.7. The van der Waals surface area contributed by atoms with Gasteiger partial charge in [0.1, 0.15) is 0 Å². The Labute approximate surface area is 162 Å². The molecule has 132 valence electrons. The minimum atomic E-state index is -0.279. The maximum Gasteiger partial charge on any atom is 0.0739 e. The lowest BCUT2D eigenvalue weighted by Crippen LogP contribution is -2.56. The highest BCUT2D eigenvalue weighted by Crippen LogP contribution is 2.30. The van der Waals surface area contributed by atoms with Crippen molar-refractivity contribution in [1.82, 2.24) is 4.90 Å². The van der Waals surface area contributed by atoms with Crippen LogP contribution in [-0.2, 0) is 12.8 Å². The smallest absolute Gasteiger partial charge is 0.0739 e. The molecule has 5 heteroatoms. The molecular weight excluding hydrogens is 425 g/mol. The van der Waals surface area contributed by atoms with Crippen molar-refractivity contribution in [3.8, 4) is 0 Å². The maximum atomic E-state index is 10.7. The number of aliphatic hydroxyl groups is 1. The molecule has 1 aliphatic carbocycles. The number of halogens is 1. The normalized spacial score (nSPS) is 24.2. The number of fused-ring (bicyclic) bond motifs is 1. The maximum absolute atomic E-state index is 10.7. The van der Waals surface area contributed by atoms with Crippen molar-refractivity contribution in [2.45, 2.75) is 25.0 Å². The van der Waals surface area contributed by atoms with E-state index in [0.717, 1.165) is 50.4 Å². The van der Waals surface area contributed by atoms with Crippen LogP contribution in [0.15, 0.2) is 42.5 Å². The zero-order valence-corrected chi connectivity index (χ0v) is 16.4. The summed E-state index contributed by atoms with van der Waals surface area (Å²) in [6.45, 7) is 3.84. The second-order valence-corrected chi connectivity index (χ2v) is 8.16. The van der Waals surface area contributed by atoms with Gasteiger partial charge in [-0.1, -0.05) is 24.3 Å². The molecule has 1 aliphatic heterocycles. The van der Waals surface area contributed by atoms with Crippen LogP contribution in [-0.4, -0.2) is 48.3 Å². The lowest BCUT2D eigenvalue weighted by Gasteiger charge is -2.44. The summed E-state index contributed by atoms with van der Waals surface area (Å²) < 4.78 is 1.32. The topological polar surface area (TPSA) is 52.7 Å². The van der Waals surface area contributed by atoms with Crippen LogP contribution in [0.1, 0.15) is 11.1 Å². The third-order valence-corrected chi connectivity index (χ3v) is 6.57. The predicted octanol–water partition coefficient (Wildman–Crippen LogP) is 2.52. The van der Waals surface area contributed by atoms with Gasteiger partial charge in [0.25, 0.3) is 0 Å². The summed E-state index contributed by atoms with van der Waals surface area (Å²) in [5.41, 5.74) is 10.8. The van der Waals surface area contributed by atoms with Crippen LogP contribution >= 0.6 is 22.6 Å². The number of nitrogens with zero attached hydrogens (tertiary/aromatic N) is 2. The molecule has 2 aliphatic rings. The van der Waals surface area contributed by atoms with Crippen LogP contribution in [0.2, 0.25) is 0 Å². The van der Waals surface area contributed by atoms with Crippen LogP contribution < -0.4 is 10.6 Å². The number of benzene rings is 2. The molecule has 1 saturated heterocycles. The molecule has 1 heterocycles. The van der Waals surface area contributed by atoms with Crippen LogP contribution in [0.4, 0.5) is 11.4 Å². The molecule has 0 radical (unpaired) electrons. The number of nitrogens with two attached hydrogens (primary N) is 1. The Morgan fingerprint density at radius 3 is 2.48 bits per heavy atom. The summed E-state index contributed by atoms with van der Waals surface area (Å²) in [5.74, 6) is 0. The fourth-order valence-corrected chi connectivity index (χ4v) is 4.95. The highest BCUT2D eigenvalue weighted by molar-refractivity contribution is 14.1. The quantitative estimate of drug-likeness (QED) is 0.547. The summed E-state index contributed by atoms with van der Waals surface area (Å²) in [6, 6.07) is 14.7. The minimum Gasteiger partial charge on any atom is -0.397 e. The Balaban J connectivity index is 1.46. The van der Waals surface area contributed by atoms with Crippen molar-refractivity contribution in [1.29, 1.82) is 0 Å². The monoisotopic (exact) mass is 449 g/mol. The SMILES string of the molecule is Nc1ccccc1N1CCN([C@H]2Cc3c(I)cccc3C[C@@H]2O)CC1. The van der Waals surface area contributed by atoms with Gasteiger partial charge >= 0.3 is 0 Å². The highest BCUT2D eigenvalue weighted by Gasteiger charge is 2.34. The molecule has 25 heavy (non-hydrogen) atoms. The second kappa shape index (κ2) is 7.13. The van der Waals surface area contributed by atoms with Gasteiger partial charge in [0.2, 0.25) is 0 Å². The summed E-state index contributed by atoms with van der Waals surface area (Å²) >= 11 is 2.42. The Morgan fingerprint density at radius 1 is 0.960 bits per heavy atom. The fourth-order valence-electron chi connectivity index (χ4n) is 4.17. The molecule has 0 bridgehead atoms. The zero-order valence-electron chi connectivity index (χ0n) is 14.2. The number of anilines is 2. The Morgan fingerprint density at radius 2 is 1.72 bits per heavy atom. The van der Waals surface area contributed by atoms with Crippen molar-refractivity contribution in [2.24, 2.45) is 0 Å². The largest absolute Gasteiger partial charge is 0.397 e. The molecule has 4 nitrogen and oxygen atoms in total. The van der Waals surface area contributed by atoms with Crippen LogP contribution in [0, 0.1) is 3.57 Å². The summed E-state index contributed by atoms with van der Waals surface area (Å²) in [7, 11) is 0. The van der Waals surface area contributed by atoms with E-state index in [4.69, 9.17) is 5.73 Å². The van der Waals surface area contributed by atoms with Gasteiger partial charge in [-0.05, 0) is 58.3 Å². The second-order valence-electron chi connectivity index (χ2n) is 7.00. The minimum absolute atomic E-state index is 0.221. The van der Waals surface area contributed by atoms with E-state index in [2.05, 4.69) is 56.7 Å². The Kier molecular flexibility index (Phi) is 4.88. The molecule has 1 fully saturated rings. The van der Waals surface area contributed by atoms with E-state index >= 15 is 0 Å². The molecule has 0 saturated carbocycles. The van der Waals surface area contributed by atoms with Crippen molar-refractivity contribution in [3.05, 3.63) is 57.2 Å². The van der Waals surface area contributed by atoms with E-state index in [1.807, 2.05) is 18.2 Å². The molecule has 4 rings (SSSR count). The van der Waals surface area contributed by atoms with Gasteiger partial charge in [-0.2, -0.15) is 0 Å². The predicted molar refractivity (Wildman–Crippen MR) is 111 cm³/mol. The first-order valence-electron chi connectivity index (χ1n) is 8.91. The van der Waals surface area contributed by atoms with Gasteiger partial charge in [0.05, 0.1) is 17.5 Å². The number of hydrogen-bond donors (Lipinski definition) is 2. The van der Waals surface area contributed by atoms with E-state index < -0.39 is 0 Å². The van der Waals surface area contributed by atoms with Crippen molar-refractivity contribution < 1.29 is 5.11 Å². The highest BCUT2D eigenvalue weighted by atomic mass is 127. The molecular formula is C20H24IN3O. The lowest BCUT2D eigenvalue weighted by atomic mass is 9.85. The zero-order chi connectivity index (χ0) is 17.4. The molecule has 2 atom stereocenters. The van der Waals surface area contributed by atoms with E-state index in [1.54, 1.807) is 0 Å². The standard InChI is InChI=1S/C20H24IN3O/c21-16-5-3-4-14-12-20(25)19(13-15(14)16)24-10-8-23(9-11-24)18-7-2-1-6-17(18)22/h1-7,19-20,25H,8-13,22H2/t19-,20-/m0/s1. The van der Waals surface area contributed by atoms with E-state index in [1.165, 1.54) is 14.7 Å².